The Morgan fingerprint density at radius 3 is 2.92 bits per heavy atom. The minimum absolute atomic E-state index is 0.251. The van der Waals surface area contributed by atoms with Gasteiger partial charge in [0.2, 0.25) is 0 Å². The molecule has 0 aromatic rings. The van der Waals surface area contributed by atoms with Gasteiger partial charge in [0.25, 0.3) is 0 Å². The molecule has 0 saturated carbocycles. The van der Waals surface area contributed by atoms with Crippen molar-refractivity contribution in [3.8, 4) is 0 Å². The second kappa shape index (κ2) is 3.77. The molecule has 4 heteroatoms. The van der Waals surface area contributed by atoms with Gasteiger partial charge >= 0.3 is 0 Å². The van der Waals surface area contributed by atoms with Crippen molar-refractivity contribution in [2.75, 3.05) is 18.8 Å². The lowest BCUT2D eigenvalue weighted by Gasteiger charge is -2.32. The summed E-state index contributed by atoms with van der Waals surface area (Å²) < 4.78 is 0. The summed E-state index contributed by atoms with van der Waals surface area (Å²) >= 11 is 4.13. The Kier molecular flexibility index (Phi) is 3.15. The van der Waals surface area contributed by atoms with E-state index in [2.05, 4.69) is 12.6 Å². The number of hydrogen-bond acceptors (Lipinski definition) is 4. The van der Waals surface area contributed by atoms with Crippen molar-refractivity contribution >= 4 is 18.4 Å². The first-order valence-corrected chi connectivity index (χ1v) is 4.92. The molecule has 0 aliphatic carbocycles. The maximum absolute atomic E-state index is 11.2. The van der Waals surface area contributed by atoms with Crippen LogP contribution >= 0.6 is 12.6 Å². The van der Waals surface area contributed by atoms with E-state index in [9.17, 15) is 4.79 Å². The van der Waals surface area contributed by atoms with Gasteiger partial charge < -0.3 is 5.73 Å². The molecule has 0 radical (unpaired) electrons. The van der Waals surface area contributed by atoms with E-state index < -0.39 is 0 Å². The van der Waals surface area contributed by atoms with Crippen LogP contribution in [0.25, 0.3) is 0 Å². The van der Waals surface area contributed by atoms with Crippen molar-refractivity contribution in [1.82, 2.24) is 4.90 Å². The van der Waals surface area contributed by atoms with Gasteiger partial charge in [-0.1, -0.05) is 6.92 Å². The predicted octanol–water partition coefficient (Wildman–Crippen LogP) is 0.256. The van der Waals surface area contributed by atoms with Crippen molar-refractivity contribution in [3.63, 3.8) is 0 Å². The Morgan fingerprint density at radius 1 is 1.75 bits per heavy atom. The van der Waals surface area contributed by atoms with E-state index in [-0.39, 0.29) is 11.4 Å². The quantitative estimate of drug-likeness (QED) is 0.624. The highest BCUT2D eigenvalue weighted by Gasteiger charge is 2.39. The third-order valence-electron chi connectivity index (χ3n) is 2.48. The fourth-order valence-electron chi connectivity index (χ4n) is 1.65. The van der Waals surface area contributed by atoms with Crippen LogP contribution in [0.2, 0.25) is 0 Å². The van der Waals surface area contributed by atoms with Crippen molar-refractivity contribution in [2.45, 2.75) is 25.4 Å². The Bertz CT molecular complexity index is 186. The summed E-state index contributed by atoms with van der Waals surface area (Å²) in [5.41, 5.74) is 5.66. The highest BCUT2D eigenvalue weighted by Crippen LogP contribution is 2.24. The van der Waals surface area contributed by atoms with E-state index in [1.807, 2.05) is 11.8 Å². The van der Waals surface area contributed by atoms with E-state index in [4.69, 9.17) is 5.73 Å². The Hall–Kier alpha value is -0.0600. The lowest BCUT2D eigenvalue weighted by atomic mass is 10.1. The van der Waals surface area contributed by atoms with Crippen molar-refractivity contribution in [3.05, 3.63) is 0 Å². The number of hydrogen-bond donors (Lipinski definition) is 2. The normalized spacial score (nSPS) is 31.4. The number of nitrogens with two attached hydrogens (primary N) is 1. The molecule has 70 valence electrons. The molecule has 3 nitrogen and oxygen atoms in total. The monoisotopic (exact) mass is 188 g/mol. The molecule has 1 saturated heterocycles. The number of nitrogens with zero attached hydrogens (tertiary/aromatic N) is 1. The molecule has 1 heterocycles. The van der Waals surface area contributed by atoms with Gasteiger partial charge in [0.15, 0.2) is 0 Å². The van der Waals surface area contributed by atoms with Crippen LogP contribution in [0, 0.1) is 0 Å². The molecule has 1 fully saturated rings. The van der Waals surface area contributed by atoms with Gasteiger partial charge in [-0.25, -0.2) is 0 Å². The summed E-state index contributed by atoms with van der Waals surface area (Å²) in [6, 6.07) is 0. The summed E-state index contributed by atoms with van der Waals surface area (Å²) in [6.45, 7) is 3.33. The summed E-state index contributed by atoms with van der Waals surface area (Å²) in [5, 5.41) is 0. The molecule has 0 spiro atoms. The van der Waals surface area contributed by atoms with Gasteiger partial charge in [0.05, 0.1) is 12.2 Å². The number of Topliss-reactive ketones (excluding diaryl/α,β-unsaturated/α-hetero) is 1. The zero-order valence-corrected chi connectivity index (χ0v) is 8.31. The lowest BCUT2D eigenvalue weighted by Crippen LogP contribution is -2.51. The second-order valence-electron chi connectivity index (χ2n) is 3.32. The number of ketones is 1. The third-order valence-corrected chi connectivity index (χ3v) is 2.68. The van der Waals surface area contributed by atoms with Gasteiger partial charge in [-0.2, -0.15) is 12.6 Å². The van der Waals surface area contributed by atoms with Crippen LogP contribution in [0.5, 0.6) is 0 Å². The van der Waals surface area contributed by atoms with E-state index >= 15 is 0 Å². The highest BCUT2D eigenvalue weighted by molar-refractivity contribution is 7.80. The van der Waals surface area contributed by atoms with E-state index in [1.165, 1.54) is 0 Å². The first-order chi connectivity index (χ1) is 5.62. The van der Waals surface area contributed by atoms with Crippen molar-refractivity contribution < 1.29 is 4.79 Å². The van der Waals surface area contributed by atoms with E-state index in [0.717, 1.165) is 18.7 Å². The summed E-state index contributed by atoms with van der Waals surface area (Å²) in [6.07, 6.45) is 1.32. The molecule has 1 unspecified atom stereocenters. The van der Waals surface area contributed by atoms with Crippen LogP contribution in [-0.4, -0.2) is 35.2 Å². The molecule has 1 rings (SSSR count). The maximum atomic E-state index is 11.2. The van der Waals surface area contributed by atoms with Crippen LogP contribution in [0.15, 0.2) is 0 Å². The first kappa shape index (κ1) is 10.0. The minimum atomic E-state index is -0.389. The highest BCUT2D eigenvalue weighted by atomic mass is 32.1. The van der Waals surface area contributed by atoms with E-state index in [0.29, 0.717) is 13.0 Å². The topological polar surface area (TPSA) is 46.3 Å². The third kappa shape index (κ3) is 1.81. The van der Waals surface area contributed by atoms with Gasteiger partial charge in [-0.15, -0.1) is 0 Å². The minimum Gasteiger partial charge on any atom is -0.313 e. The smallest absolute Gasteiger partial charge is 0.150 e. The molecule has 2 N–H and O–H groups in total. The largest absolute Gasteiger partial charge is 0.313 e. The SMILES string of the molecule is CCC1(N)CC(=O)CN1CCS. The van der Waals surface area contributed by atoms with Crippen molar-refractivity contribution in [1.29, 1.82) is 0 Å². The van der Waals surface area contributed by atoms with Crippen LogP contribution in [0.4, 0.5) is 0 Å². The molecule has 1 aliphatic rings. The Labute approximate surface area is 78.7 Å². The van der Waals surface area contributed by atoms with Gasteiger partial charge in [-0.3, -0.25) is 9.69 Å². The lowest BCUT2D eigenvalue weighted by molar-refractivity contribution is -0.117. The zero-order chi connectivity index (χ0) is 9.19. The molecular formula is C8H16N2OS. The summed E-state index contributed by atoms with van der Waals surface area (Å²) in [4.78, 5) is 13.2. The standard InChI is InChI=1S/C8H16N2OS/c1-2-8(9)5-7(11)6-10(8)3-4-12/h12H,2-6,9H2,1H3. The maximum Gasteiger partial charge on any atom is 0.150 e. The molecule has 0 aromatic carbocycles. The average Bonchev–Trinajstić information content (AvgIpc) is 2.29. The molecule has 1 aliphatic heterocycles. The summed E-state index contributed by atoms with van der Waals surface area (Å²) in [5.74, 6) is 1.01. The number of thiol groups is 1. The van der Waals surface area contributed by atoms with Gasteiger partial charge in [-0.05, 0) is 6.42 Å². The molecule has 0 aromatic heterocycles. The Morgan fingerprint density at radius 2 is 2.42 bits per heavy atom. The van der Waals surface area contributed by atoms with Crippen LogP contribution < -0.4 is 5.73 Å². The molecule has 0 amide bonds. The zero-order valence-electron chi connectivity index (χ0n) is 7.42. The molecular weight excluding hydrogens is 172 g/mol. The van der Waals surface area contributed by atoms with E-state index in [1.54, 1.807) is 0 Å². The Balaban J connectivity index is 2.65. The summed E-state index contributed by atoms with van der Waals surface area (Å²) in [7, 11) is 0. The fourth-order valence-corrected chi connectivity index (χ4v) is 1.89. The average molecular weight is 188 g/mol. The van der Waals surface area contributed by atoms with Gasteiger partial charge in [0.1, 0.15) is 5.78 Å². The van der Waals surface area contributed by atoms with Crippen LogP contribution in [0.3, 0.4) is 0 Å². The van der Waals surface area contributed by atoms with Crippen LogP contribution in [0.1, 0.15) is 19.8 Å². The van der Waals surface area contributed by atoms with Crippen LogP contribution in [-0.2, 0) is 4.79 Å². The molecule has 12 heavy (non-hydrogen) atoms. The molecule has 0 bridgehead atoms. The fraction of sp³-hybridized carbons (Fsp3) is 0.875. The number of carbonyl (C=O) groups is 1. The number of carbonyl (C=O) groups excluding carboxylic acids is 1. The van der Waals surface area contributed by atoms with Gasteiger partial charge in [0, 0.05) is 18.7 Å². The first-order valence-electron chi connectivity index (χ1n) is 4.29. The number of rotatable bonds is 3. The number of likely N-dealkylation sites (tertiary alicyclic amines) is 1. The van der Waals surface area contributed by atoms with Crippen molar-refractivity contribution in [2.24, 2.45) is 5.73 Å². The predicted molar refractivity (Wildman–Crippen MR) is 52.3 cm³/mol. The second-order valence-corrected chi connectivity index (χ2v) is 3.76. The molecule has 1 atom stereocenters.